The summed E-state index contributed by atoms with van der Waals surface area (Å²) in [6.45, 7) is 0. The van der Waals surface area contributed by atoms with Crippen LogP contribution in [0.4, 0.5) is 8.78 Å². The summed E-state index contributed by atoms with van der Waals surface area (Å²) in [7, 11) is 0. The van der Waals surface area contributed by atoms with E-state index in [1.807, 2.05) is 11.8 Å². The molecule has 0 spiro atoms. The molecule has 0 saturated carbocycles. The average Bonchev–Trinajstić information content (AvgIpc) is 1.56. The molecule has 4 heteroatoms. The predicted octanol–water partition coefficient (Wildman–Crippen LogP) is 2.96. The standard InChI is InChI=1S/C6H9ClF2S/c7-6(8,9)2-1-5-3-10-4-5/h5H,1-4H2. The summed E-state index contributed by atoms with van der Waals surface area (Å²) in [6, 6.07) is 0. The second-order valence-corrected chi connectivity index (χ2v) is 4.19. The highest BCUT2D eigenvalue weighted by molar-refractivity contribution is 8.00. The maximum absolute atomic E-state index is 12.0. The van der Waals surface area contributed by atoms with Gasteiger partial charge in [0.1, 0.15) is 0 Å². The first-order valence-corrected chi connectivity index (χ1v) is 4.76. The van der Waals surface area contributed by atoms with Crippen molar-refractivity contribution in [2.45, 2.75) is 18.2 Å². The van der Waals surface area contributed by atoms with E-state index in [0.29, 0.717) is 12.3 Å². The Bertz CT molecular complexity index is 109. The van der Waals surface area contributed by atoms with Gasteiger partial charge in [0.15, 0.2) is 0 Å². The molecule has 1 aliphatic rings. The van der Waals surface area contributed by atoms with Crippen LogP contribution in [-0.2, 0) is 0 Å². The lowest BCUT2D eigenvalue weighted by molar-refractivity contribution is 0.0794. The zero-order valence-corrected chi connectivity index (χ0v) is 7.02. The fraction of sp³-hybridized carbons (Fsp3) is 1.00. The minimum Gasteiger partial charge on any atom is -0.188 e. The first-order chi connectivity index (χ1) is 4.58. The van der Waals surface area contributed by atoms with E-state index < -0.39 is 5.38 Å². The van der Waals surface area contributed by atoms with E-state index in [1.54, 1.807) is 0 Å². The number of hydrogen-bond acceptors (Lipinski definition) is 1. The molecule has 0 aromatic carbocycles. The van der Waals surface area contributed by atoms with E-state index in [1.165, 1.54) is 0 Å². The van der Waals surface area contributed by atoms with Crippen LogP contribution in [0.25, 0.3) is 0 Å². The highest BCUT2D eigenvalue weighted by atomic mass is 35.5. The third kappa shape index (κ3) is 3.06. The number of hydrogen-bond donors (Lipinski definition) is 0. The van der Waals surface area contributed by atoms with E-state index in [2.05, 4.69) is 0 Å². The second kappa shape index (κ2) is 3.26. The Morgan fingerprint density at radius 1 is 1.50 bits per heavy atom. The Hall–Kier alpha value is 0.500. The Kier molecular flexibility index (Phi) is 2.81. The third-order valence-corrected chi connectivity index (χ3v) is 3.15. The number of alkyl halides is 3. The first kappa shape index (κ1) is 8.60. The van der Waals surface area contributed by atoms with Crippen LogP contribution >= 0.6 is 23.4 Å². The molecule has 1 heterocycles. The van der Waals surface area contributed by atoms with Crippen molar-refractivity contribution in [3.05, 3.63) is 0 Å². The van der Waals surface area contributed by atoms with Gasteiger partial charge in [-0.25, -0.2) is 0 Å². The van der Waals surface area contributed by atoms with Gasteiger partial charge in [0.05, 0.1) is 0 Å². The molecule has 0 aliphatic carbocycles. The molecule has 0 radical (unpaired) electrons. The summed E-state index contributed by atoms with van der Waals surface area (Å²) in [4.78, 5) is 0. The van der Waals surface area contributed by atoms with Gasteiger partial charge in [-0.2, -0.15) is 20.5 Å². The normalized spacial score (nSPS) is 20.7. The van der Waals surface area contributed by atoms with Crippen LogP contribution in [0.3, 0.4) is 0 Å². The molecule has 0 unspecified atom stereocenters. The van der Waals surface area contributed by atoms with Crippen molar-refractivity contribution >= 4 is 23.4 Å². The van der Waals surface area contributed by atoms with Crippen molar-refractivity contribution < 1.29 is 8.78 Å². The molecule has 1 rings (SSSR count). The predicted molar refractivity (Wildman–Crippen MR) is 40.8 cm³/mol. The molecule has 1 saturated heterocycles. The van der Waals surface area contributed by atoms with Crippen molar-refractivity contribution in [3.63, 3.8) is 0 Å². The van der Waals surface area contributed by atoms with Crippen molar-refractivity contribution in [3.8, 4) is 0 Å². The molecule has 0 aromatic heterocycles. The summed E-state index contributed by atoms with van der Waals surface area (Å²) < 4.78 is 24.0. The van der Waals surface area contributed by atoms with Crippen molar-refractivity contribution in [2.75, 3.05) is 11.5 Å². The van der Waals surface area contributed by atoms with Crippen molar-refractivity contribution in [1.82, 2.24) is 0 Å². The van der Waals surface area contributed by atoms with Gasteiger partial charge in [0.2, 0.25) is 0 Å². The zero-order chi connectivity index (χ0) is 7.61. The van der Waals surface area contributed by atoms with Gasteiger partial charge in [-0.15, -0.1) is 0 Å². The maximum atomic E-state index is 12.0. The van der Waals surface area contributed by atoms with Crippen LogP contribution in [0.2, 0.25) is 0 Å². The van der Waals surface area contributed by atoms with Gasteiger partial charge < -0.3 is 0 Å². The van der Waals surface area contributed by atoms with Crippen LogP contribution in [0.1, 0.15) is 12.8 Å². The highest BCUT2D eigenvalue weighted by Gasteiger charge is 2.28. The summed E-state index contributed by atoms with van der Waals surface area (Å²) in [5.41, 5.74) is 0. The van der Waals surface area contributed by atoms with E-state index in [-0.39, 0.29) is 6.42 Å². The molecule has 0 N–H and O–H groups in total. The summed E-state index contributed by atoms with van der Waals surface area (Å²) in [5.74, 6) is 2.56. The average molecular weight is 187 g/mol. The van der Waals surface area contributed by atoms with E-state index in [0.717, 1.165) is 11.5 Å². The van der Waals surface area contributed by atoms with Crippen molar-refractivity contribution in [2.24, 2.45) is 5.92 Å². The van der Waals surface area contributed by atoms with Gasteiger partial charge in [-0.05, 0) is 35.4 Å². The molecule has 0 atom stereocenters. The molecule has 1 fully saturated rings. The fourth-order valence-electron chi connectivity index (χ4n) is 0.819. The minimum atomic E-state index is -2.97. The Morgan fingerprint density at radius 2 is 2.10 bits per heavy atom. The van der Waals surface area contributed by atoms with Crippen LogP contribution in [0.5, 0.6) is 0 Å². The number of thioether (sulfide) groups is 1. The lowest BCUT2D eigenvalue weighted by atomic mass is 10.1. The van der Waals surface area contributed by atoms with Gasteiger partial charge in [0, 0.05) is 6.42 Å². The Balaban J connectivity index is 2.04. The summed E-state index contributed by atoms with van der Waals surface area (Å²) >= 11 is 6.53. The van der Waals surface area contributed by atoms with Crippen LogP contribution in [0, 0.1) is 5.92 Å². The number of rotatable bonds is 3. The molecule has 0 aromatic rings. The molecule has 60 valence electrons. The largest absolute Gasteiger partial charge is 0.321 e. The van der Waals surface area contributed by atoms with E-state index >= 15 is 0 Å². The maximum Gasteiger partial charge on any atom is 0.321 e. The zero-order valence-electron chi connectivity index (χ0n) is 5.45. The lowest BCUT2D eigenvalue weighted by Gasteiger charge is -2.25. The summed E-state index contributed by atoms with van der Waals surface area (Å²) in [5, 5.41) is -2.97. The Morgan fingerprint density at radius 3 is 2.40 bits per heavy atom. The monoisotopic (exact) mass is 186 g/mol. The second-order valence-electron chi connectivity index (χ2n) is 2.56. The molecule has 0 amide bonds. The SMILES string of the molecule is FC(F)(Cl)CCC1CSC1. The van der Waals surface area contributed by atoms with Crippen LogP contribution < -0.4 is 0 Å². The molecule has 0 nitrogen and oxygen atoms in total. The minimum absolute atomic E-state index is 0.167. The van der Waals surface area contributed by atoms with E-state index in [4.69, 9.17) is 11.6 Å². The Labute approximate surface area is 68.3 Å². The lowest BCUT2D eigenvalue weighted by Crippen LogP contribution is -2.20. The van der Waals surface area contributed by atoms with Gasteiger partial charge in [-0.1, -0.05) is 0 Å². The third-order valence-electron chi connectivity index (χ3n) is 1.54. The van der Waals surface area contributed by atoms with Gasteiger partial charge in [-0.3, -0.25) is 0 Å². The quantitative estimate of drug-likeness (QED) is 0.611. The molecule has 1 aliphatic heterocycles. The van der Waals surface area contributed by atoms with Crippen LogP contribution in [-0.4, -0.2) is 16.9 Å². The fourth-order valence-corrected chi connectivity index (χ4v) is 1.83. The van der Waals surface area contributed by atoms with Crippen molar-refractivity contribution in [1.29, 1.82) is 0 Å². The van der Waals surface area contributed by atoms with Crippen LogP contribution in [0.15, 0.2) is 0 Å². The smallest absolute Gasteiger partial charge is 0.188 e. The first-order valence-electron chi connectivity index (χ1n) is 3.22. The highest BCUT2D eigenvalue weighted by Crippen LogP contribution is 2.33. The topological polar surface area (TPSA) is 0 Å². The van der Waals surface area contributed by atoms with Gasteiger partial charge in [0.25, 0.3) is 0 Å². The molecule has 10 heavy (non-hydrogen) atoms. The molecular weight excluding hydrogens is 178 g/mol. The van der Waals surface area contributed by atoms with Gasteiger partial charge >= 0.3 is 5.38 Å². The molecular formula is C6H9ClF2S. The number of halogens is 3. The molecule has 0 bridgehead atoms. The summed E-state index contributed by atoms with van der Waals surface area (Å²) in [6.07, 6.45) is 0.406. The van der Waals surface area contributed by atoms with E-state index in [9.17, 15) is 8.78 Å².